The predicted octanol–water partition coefficient (Wildman–Crippen LogP) is 2.44. The van der Waals surface area contributed by atoms with Gasteiger partial charge in [0.25, 0.3) is 0 Å². The number of thiophene rings is 1. The van der Waals surface area contributed by atoms with Crippen molar-refractivity contribution in [3.8, 4) is 0 Å². The SMILES string of the molecule is CCC(C)CN(C)S(=O)(=O)c1c(C)csc1CNC. The lowest BCUT2D eigenvalue weighted by atomic mass is 10.1. The van der Waals surface area contributed by atoms with Crippen LogP contribution >= 0.6 is 11.3 Å². The van der Waals surface area contributed by atoms with Gasteiger partial charge in [0, 0.05) is 25.0 Å². The molecule has 0 saturated heterocycles. The Balaban J connectivity index is 3.09. The fourth-order valence-electron chi connectivity index (χ4n) is 1.94. The number of hydrogen-bond donors (Lipinski definition) is 1. The van der Waals surface area contributed by atoms with Crippen LogP contribution in [0, 0.1) is 12.8 Å². The Morgan fingerprint density at radius 3 is 2.63 bits per heavy atom. The summed E-state index contributed by atoms with van der Waals surface area (Å²) >= 11 is 1.50. The minimum Gasteiger partial charge on any atom is -0.315 e. The summed E-state index contributed by atoms with van der Waals surface area (Å²) in [4.78, 5) is 1.37. The molecule has 0 spiro atoms. The van der Waals surface area contributed by atoms with Crippen LogP contribution in [0.3, 0.4) is 0 Å². The Labute approximate surface area is 120 Å². The normalized spacial score (nSPS) is 14.0. The molecule has 0 aliphatic rings. The van der Waals surface area contributed by atoms with Crippen molar-refractivity contribution in [2.75, 3.05) is 20.6 Å². The molecular weight excluding hydrogens is 280 g/mol. The van der Waals surface area contributed by atoms with Gasteiger partial charge in [-0.05, 0) is 30.8 Å². The molecular formula is C13H24N2O2S2. The van der Waals surface area contributed by atoms with Crippen LogP contribution in [0.25, 0.3) is 0 Å². The fraction of sp³-hybridized carbons (Fsp3) is 0.692. The summed E-state index contributed by atoms with van der Waals surface area (Å²) in [6.45, 7) is 7.16. The highest BCUT2D eigenvalue weighted by atomic mass is 32.2. The van der Waals surface area contributed by atoms with Crippen LogP contribution in [0.1, 0.15) is 30.7 Å². The van der Waals surface area contributed by atoms with Crippen molar-refractivity contribution in [3.05, 3.63) is 15.8 Å². The fourth-order valence-corrected chi connectivity index (χ4v) is 4.99. The molecule has 1 unspecified atom stereocenters. The van der Waals surface area contributed by atoms with E-state index in [1.165, 1.54) is 15.6 Å². The van der Waals surface area contributed by atoms with E-state index in [0.717, 1.165) is 16.9 Å². The molecule has 6 heteroatoms. The van der Waals surface area contributed by atoms with Gasteiger partial charge in [-0.15, -0.1) is 11.3 Å². The summed E-state index contributed by atoms with van der Waals surface area (Å²) in [7, 11) is 0.116. The summed E-state index contributed by atoms with van der Waals surface area (Å²) in [5, 5.41) is 4.94. The third kappa shape index (κ3) is 3.78. The molecule has 0 aliphatic heterocycles. The van der Waals surface area contributed by atoms with Crippen molar-refractivity contribution >= 4 is 21.4 Å². The topological polar surface area (TPSA) is 49.4 Å². The molecule has 1 rings (SSSR count). The first-order valence-electron chi connectivity index (χ1n) is 6.52. The van der Waals surface area contributed by atoms with Gasteiger partial charge in [-0.1, -0.05) is 20.3 Å². The lowest BCUT2D eigenvalue weighted by molar-refractivity contribution is 0.393. The summed E-state index contributed by atoms with van der Waals surface area (Å²) < 4.78 is 26.8. The van der Waals surface area contributed by atoms with E-state index in [4.69, 9.17) is 0 Å². The molecule has 1 N–H and O–H groups in total. The van der Waals surface area contributed by atoms with Crippen molar-refractivity contribution < 1.29 is 8.42 Å². The molecule has 1 aromatic heterocycles. The molecule has 4 nitrogen and oxygen atoms in total. The van der Waals surface area contributed by atoms with Crippen molar-refractivity contribution in [1.29, 1.82) is 0 Å². The summed E-state index contributed by atoms with van der Waals surface area (Å²) in [5.74, 6) is 0.367. The van der Waals surface area contributed by atoms with Gasteiger partial charge in [0.2, 0.25) is 10.0 Å². The quantitative estimate of drug-likeness (QED) is 0.842. The van der Waals surface area contributed by atoms with Gasteiger partial charge in [-0.25, -0.2) is 12.7 Å². The number of sulfonamides is 1. The highest BCUT2D eigenvalue weighted by Gasteiger charge is 2.27. The second kappa shape index (κ2) is 6.83. The maximum atomic E-state index is 12.7. The molecule has 0 amide bonds. The Hall–Kier alpha value is -0.430. The molecule has 0 bridgehead atoms. The highest BCUT2D eigenvalue weighted by molar-refractivity contribution is 7.89. The zero-order valence-corrected chi connectivity index (χ0v) is 14.0. The summed E-state index contributed by atoms with van der Waals surface area (Å²) in [6, 6.07) is 0. The van der Waals surface area contributed by atoms with E-state index in [1.807, 2.05) is 19.4 Å². The first-order valence-corrected chi connectivity index (χ1v) is 8.84. The van der Waals surface area contributed by atoms with Gasteiger partial charge >= 0.3 is 0 Å². The lowest BCUT2D eigenvalue weighted by Gasteiger charge is -2.21. The third-order valence-corrected chi connectivity index (χ3v) is 6.55. The van der Waals surface area contributed by atoms with E-state index >= 15 is 0 Å². The van der Waals surface area contributed by atoms with Gasteiger partial charge in [0.1, 0.15) is 4.90 Å². The zero-order valence-electron chi connectivity index (χ0n) is 12.4. The van der Waals surface area contributed by atoms with Crippen LogP contribution in [0.15, 0.2) is 10.3 Å². The first kappa shape index (κ1) is 16.6. The molecule has 1 atom stereocenters. The van der Waals surface area contributed by atoms with Crippen LogP contribution in [0.2, 0.25) is 0 Å². The molecule has 1 aromatic rings. The van der Waals surface area contributed by atoms with E-state index in [1.54, 1.807) is 7.05 Å². The van der Waals surface area contributed by atoms with E-state index in [2.05, 4.69) is 19.2 Å². The lowest BCUT2D eigenvalue weighted by Crippen LogP contribution is -2.32. The van der Waals surface area contributed by atoms with Crippen molar-refractivity contribution in [2.45, 2.75) is 38.6 Å². The second-order valence-electron chi connectivity index (χ2n) is 5.00. The molecule has 110 valence electrons. The average Bonchev–Trinajstić information content (AvgIpc) is 2.71. The monoisotopic (exact) mass is 304 g/mol. The molecule has 0 saturated carbocycles. The maximum absolute atomic E-state index is 12.7. The molecule has 19 heavy (non-hydrogen) atoms. The van der Waals surface area contributed by atoms with Gasteiger partial charge in [0.05, 0.1) is 0 Å². The van der Waals surface area contributed by atoms with Crippen molar-refractivity contribution in [3.63, 3.8) is 0 Å². The number of hydrogen-bond acceptors (Lipinski definition) is 4. The minimum atomic E-state index is -3.38. The van der Waals surface area contributed by atoms with Crippen molar-refractivity contribution in [2.24, 2.45) is 5.92 Å². The van der Waals surface area contributed by atoms with E-state index in [9.17, 15) is 8.42 Å². The number of nitrogens with one attached hydrogen (secondary N) is 1. The second-order valence-corrected chi connectivity index (χ2v) is 7.95. The maximum Gasteiger partial charge on any atom is 0.244 e. The Bertz CT molecular complexity index is 509. The Morgan fingerprint density at radius 2 is 2.11 bits per heavy atom. The predicted molar refractivity (Wildman–Crippen MR) is 81.1 cm³/mol. The van der Waals surface area contributed by atoms with Crippen LogP contribution in [-0.4, -0.2) is 33.4 Å². The van der Waals surface area contributed by atoms with Gasteiger partial charge in [-0.2, -0.15) is 0 Å². The average molecular weight is 304 g/mol. The summed E-state index contributed by atoms with van der Waals surface area (Å²) in [6.07, 6.45) is 0.978. The van der Waals surface area contributed by atoms with Crippen molar-refractivity contribution in [1.82, 2.24) is 9.62 Å². The molecule has 0 fully saturated rings. The molecule has 0 aromatic carbocycles. The number of aryl methyl sites for hydroxylation is 1. The summed E-state index contributed by atoms with van der Waals surface area (Å²) in [5.41, 5.74) is 0.839. The van der Waals surface area contributed by atoms with Crippen LogP contribution < -0.4 is 5.32 Å². The molecule has 1 heterocycles. The van der Waals surface area contributed by atoms with Gasteiger partial charge in [-0.3, -0.25) is 0 Å². The number of nitrogens with zero attached hydrogens (tertiary/aromatic N) is 1. The minimum absolute atomic E-state index is 0.367. The number of rotatable bonds is 7. The van der Waals surface area contributed by atoms with Crippen LogP contribution in [0.5, 0.6) is 0 Å². The highest BCUT2D eigenvalue weighted by Crippen LogP contribution is 2.29. The zero-order chi connectivity index (χ0) is 14.6. The Morgan fingerprint density at radius 1 is 1.47 bits per heavy atom. The molecule has 0 aliphatic carbocycles. The smallest absolute Gasteiger partial charge is 0.244 e. The van der Waals surface area contributed by atoms with E-state index in [-0.39, 0.29) is 0 Å². The van der Waals surface area contributed by atoms with Gasteiger partial charge in [0.15, 0.2) is 0 Å². The van der Waals surface area contributed by atoms with E-state index in [0.29, 0.717) is 23.9 Å². The van der Waals surface area contributed by atoms with Crippen LogP contribution in [-0.2, 0) is 16.6 Å². The van der Waals surface area contributed by atoms with Gasteiger partial charge < -0.3 is 5.32 Å². The third-order valence-electron chi connectivity index (χ3n) is 3.26. The van der Waals surface area contributed by atoms with Crippen LogP contribution in [0.4, 0.5) is 0 Å². The standard InChI is InChI=1S/C13H24N2O2S2/c1-6-10(2)8-15(5)19(16,17)13-11(3)9-18-12(13)7-14-4/h9-10,14H,6-8H2,1-5H3. The Kier molecular flexibility index (Phi) is 5.98. The largest absolute Gasteiger partial charge is 0.315 e. The first-order chi connectivity index (χ1) is 8.84. The van der Waals surface area contributed by atoms with E-state index < -0.39 is 10.0 Å². The molecule has 0 radical (unpaired) electrons.